The summed E-state index contributed by atoms with van der Waals surface area (Å²) in [5.41, 5.74) is 2.40. The van der Waals surface area contributed by atoms with Crippen LogP contribution in [0.5, 0.6) is 11.5 Å². The van der Waals surface area contributed by atoms with Crippen LogP contribution >= 0.6 is 17.9 Å². The van der Waals surface area contributed by atoms with E-state index >= 15 is 0 Å². The van der Waals surface area contributed by atoms with Crippen LogP contribution in [0.2, 0.25) is 0 Å². The van der Waals surface area contributed by atoms with Crippen molar-refractivity contribution in [2.24, 2.45) is 0 Å². The number of methoxy groups -OCH3 is 1. The van der Waals surface area contributed by atoms with Gasteiger partial charge in [0.2, 0.25) is 0 Å². The first-order chi connectivity index (χ1) is 11.8. The molecule has 0 radical (unpaired) electrons. The molecule has 0 aliphatic carbocycles. The first kappa shape index (κ1) is 22.5. The van der Waals surface area contributed by atoms with Gasteiger partial charge in [-0.25, -0.2) is 0 Å². The van der Waals surface area contributed by atoms with Gasteiger partial charge in [-0.05, 0) is 30.4 Å². The van der Waals surface area contributed by atoms with Gasteiger partial charge in [0.25, 0.3) is 0 Å². The van der Waals surface area contributed by atoms with Gasteiger partial charge < -0.3 is 15.2 Å². The molecular formula is C19H25ClNO2PTi. The number of ether oxygens (including phenoxy) is 1. The van der Waals surface area contributed by atoms with Crippen LogP contribution in [0, 0.1) is 6.92 Å². The molecule has 0 aromatic heterocycles. The molecule has 2 aromatic rings. The minimum absolute atomic E-state index is 0.0533. The van der Waals surface area contributed by atoms with Crippen LogP contribution in [-0.4, -0.2) is 17.8 Å². The number of aromatic hydroxyl groups is 1. The fourth-order valence-corrected chi connectivity index (χ4v) is 3.38. The van der Waals surface area contributed by atoms with Gasteiger partial charge in [0.15, 0.2) is 0 Å². The quantitative estimate of drug-likeness (QED) is 0.570. The van der Waals surface area contributed by atoms with Crippen molar-refractivity contribution in [3.63, 3.8) is 0 Å². The third kappa shape index (κ3) is 7.68. The average molecular weight is 414 g/mol. The van der Waals surface area contributed by atoms with Crippen molar-refractivity contribution in [2.45, 2.75) is 39.8 Å². The van der Waals surface area contributed by atoms with E-state index in [1.807, 2.05) is 6.07 Å². The number of nitrogens with zero attached hydrogens (tertiary/aromatic N) is 1. The predicted octanol–water partition coefficient (Wildman–Crippen LogP) is 4.70. The molecule has 1 N–H and O–H groups in total. The normalized spacial score (nSPS) is 11.2. The molecule has 0 aliphatic rings. The second kappa shape index (κ2) is 10.6. The Bertz CT molecular complexity index is 690. The van der Waals surface area contributed by atoms with Crippen LogP contribution in [0.3, 0.4) is 0 Å². The van der Waals surface area contributed by atoms with E-state index in [-0.39, 0.29) is 5.54 Å². The van der Waals surface area contributed by atoms with Crippen molar-refractivity contribution in [1.82, 2.24) is 0 Å². The number of hydrogen-bond acceptors (Lipinski definition) is 2. The molecule has 134 valence electrons. The van der Waals surface area contributed by atoms with Gasteiger partial charge in [-0.3, -0.25) is 0 Å². The van der Waals surface area contributed by atoms with Gasteiger partial charge in [0.05, 0.1) is 7.11 Å². The third-order valence-corrected chi connectivity index (χ3v) is 4.88. The first-order valence-electron chi connectivity index (χ1n) is 7.89. The zero-order valence-electron chi connectivity index (χ0n) is 15.4. The SMILES string of the molecule is COc1ccc(O)c(Pc2ccc(C)cc2C[N-]C(C)(C)C)c1.[Cl][Ti+]. The maximum absolute atomic E-state index is 10.1. The summed E-state index contributed by atoms with van der Waals surface area (Å²) in [6, 6.07) is 11.8. The zero-order valence-corrected chi connectivity index (χ0v) is 18.7. The number of benzene rings is 2. The van der Waals surface area contributed by atoms with E-state index in [0.29, 0.717) is 20.9 Å². The van der Waals surface area contributed by atoms with Gasteiger partial charge in [0.1, 0.15) is 11.5 Å². The molecule has 2 rings (SSSR count). The van der Waals surface area contributed by atoms with Crippen LogP contribution in [-0.2, 0) is 25.9 Å². The standard InChI is InChI=1S/C19H25NO2P.ClH.Ti/c1-13-6-9-17(14(10-13)12-20-19(2,3)4)23-18-11-15(22-5)7-8-16(18)21;;/h6-11,21,23H,12H2,1-5H3;1H;/q-1;;+2/p-1. The first-order valence-corrected chi connectivity index (χ1v) is 11.0. The summed E-state index contributed by atoms with van der Waals surface area (Å²) < 4.78 is 5.26. The number of halogens is 1. The molecule has 0 bridgehead atoms. The van der Waals surface area contributed by atoms with Crippen molar-refractivity contribution in [2.75, 3.05) is 7.11 Å². The van der Waals surface area contributed by atoms with Crippen molar-refractivity contribution in [1.29, 1.82) is 0 Å². The molecule has 0 aliphatic heterocycles. The Morgan fingerprint density at radius 1 is 1.12 bits per heavy atom. The molecule has 0 spiro atoms. The molecule has 0 saturated carbocycles. The molecule has 0 heterocycles. The molecule has 3 nitrogen and oxygen atoms in total. The fourth-order valence-electron chi connectivity index (χ4n) is 2.18. The van der Waals surface area contributed by atoms with E-state index in [1.165, 1.54) is 35.8 Å². The summed E-state index contributed by atoms with van der Waals surface area (Å²) in [5, 5.41) is 17.0. The van der Waals surface area contributed by atoms with Gasteiger partial charge in [-0.15, -0.1) is 12.1 Å². The second-order valence-electron chi connectivity index (χ2n) is 6.66. The average Bonchev–Trinajstić information content (AvgIpc) is 2.58. The van der Waals surface area contributed by atoms with Crippen molar-refractivity contribution < 1.29 is 29.2 Å². The van der Waals surface area contributed by atoms with E-state index in [9.17, 15) is 5.11 Å². The van der Waals surface area contributed by atoms with Crippen molar-refractivity contribution >= 4 is 28.5 Å². The topological polar surface area (TPSA) is 43.6 Å². The summed E-state index contributed by atoms with van der Waals surface area (Å²) in [7, 11) is 6.65. The van der Waals surface area contributed by atoms with Crippen LogP contribution < -0.4 is 15.3 Å². The summed E-state index contributed by atoms with van der Waals surface area (Å²) in [4.78, 5) is 0. The second-order valence-corrected chi connectivity index (χ2v) is 7.98. The van der Waals surface area contributed by atoms with Gasteiger partial charge in [-0.2, -0.15) is 0 Å². The molecule has 2 aromatic carbocycles. The van der Waals surface area contributed by atoms with E-state index in [0.717, 1.165) is 11.1 Å². The van der Waals surface area contributed by atoms with Crippen molar-refractivity contribution in [3.05, 3.63) is 52.8 Å². The molecule has 0 amide bonds. The Labute approximate surface area is 168 Å². The van der Waals surface area contributed by atoms with Crippen LogP contribution in [0.4, 0.5) is 0 Å². The summed E-state index contributed by atoms with van der Waals surface area (Å²) in [5.74, 6) is 1.07. The molecule has 1 atom stereocenters. The maximum atomic E-state index is 10.1. The Morgan fingerprint density at radius 3 is 2.40 bits per heavy atom. The monoisotopic (exact) mass is 413 g/mol. The molecule has 6 heteroatoms. The van der Waals surface area contributed by atoms with Crippen LogP contribution in [0.1, 0.15) is 31.9 Å². The van der Waals surface area contributed by atoms with E-state index in [1.54, 1.807) is 19.2 Å². The Balaban J connectivity index is 0.00000151. The summed E-state index contributed by atoms with van der Waals surface area (Å²) in [6.07, 6.45) is 0. The Kier molecular flexibility index (Phi) is 9.49. The number of hydrogen-bond donors (Lipinski definition) is 1. The third-order valence-electron chi connectivity index (χ3n) is 3.46. The number of phenols is 1. The van der Waals surface area contributed by atoms with E-state index < -0.39 is 0 Å². The van der Waals surface area contributed by atoms with E-state index in [4.69, 9.17) is 10.1 Å². The number of phenolic OH excluding ortho intramolecular Hbond substituents is 1. The zero-order chi connectivity index (χ0) is 19.0. The predicted molar refractivity (Wildman–Crippen MR) is 106 cm³/mol. The van der Waals surface area contributed by atoms with Gasteiger partial charge in [-0.1, -0.05) is 58.7 Å². The van der Waals surface area contributed by atoms with Crippen LogP contribution in [0.25, 0.3) is 5.32 Å². The number of rotatable bonds is 5. The molecule has 0 saturated heterocycles. The molecular weight excluding hydrogens is 389 g/mol. The van der Waals surface area contributed by atoms with E-state index in [2.05, 4.69) is 55.2 Å². The van der Waals surface area contributed by atoms with Gasteiger partial charge in [0, 0.05) is 5.30 Å². The van der Waals surface area contributed by atoms with Gasteiger partial charge >= 0.3 is 28.7 Å². The molecule has 25 heavy (non-hydrogen) atoms. The van der Waals surface area contributed by atoms with Crippen LogP contribution in [0.15, 0.2) is 36.4 Å². The fraction of sp³-hybridized carbons (Fsp3) is 0.368. The van der Waals surface area contributed by atoms with Crippen molar-refractivity contribution in [3.8, 4) is 11.5 Å². The molecule has 1 unspecified atom stereocenters. The Morgan fingerprint density at radius 2 is 1.80 bits per heavy atom. The summed E-state index contributed by atoms with van der Waals surface area (Å²) in [6.45, 7) is 9.12. The number of aryl methyl sites for hydroxylation is 1. The Hall–Kier alpha value is -0.566. The minimum atomic E-state index is -0.0533. The molecule has 0 fully saturated rings. The summed E-state index contributed by atoms with van der Waals surface area (Å²) >= 11 is 1.47.